The lowest BCUT2D eigenvalue weighted by atomic mass is 10.1. The molecule has 0 aromatic heterocycles. The molecule has 0 atom stereocenters. The normalized spacial score (nSPS) is 10.4. The molecule has 3 N–H and O–H groups in total. The second-order valence-corrected chi connectivity index (χ2v) is 6.64. The number of hydrogen-bond acceptors (Lipinski definition) is 3. The molecule has 0 bridgehead atoms. The minimum absolute atomic E-state index is 0.426. The average molecular weight is 361 g/mol. The summed E-state index contributed by atoms with van der Waals surface area (Å²) in [5.41, 5.74) is 7.68. The number of nitrogens with one attached hydrogen (secondary N) is 1. The van der Waals surface area contributed by atoms with E-state index >= 15 is 0 Å². The second-order valence-electron chi connectivity index (χ2n) is 4.36. The van der Waals surface area contributed by atoms with Gasteiger partial charge in [0.1, 0.15) is 4.99 Å². The van der Waals surface area contributed by atoms with Crippen LogP contribution in [0.1, 0.15) is 31.2 Å². The molecule has 0 spiro atoms. The smallest absolute Gasteiger partial charge is 0.107 e. The Bertz CT molecular complexity index is 410. The van der Waals surface area contributed by atoms with Crippen LogP contribution >= 0.6 is 39.9 Å². The Morgan fingerprint density at radius 3 is 2.74 bits per heavy atom. The van der Waals surface area contributed by atoms with Crippen molar-refractivity contribution in [3.8, 4) is 0 Å². The molecule has 0 radical (unpaired) electrons. The molecule has 1 aromatic carbocycles. The van der Waals surface area contributed by atoms with Crippen LogP contribution in [0.5, 0.6) is 0 Å². The number of benzene rings is 1. The number of rotatable bonds is 9. The molecule has 0 aliphatic carbocycles. The lowest BCUT2D eigenvalue weighted by Crippen LogP contribution is -2.14. The van der Waals surface area contributed by atoms with Gasteiger partial charge in [-0.05, 0) is 52.9 Å². The summed E-state index contributed by atoms with van der Waals surface area (Å²) >= 11 is 10.5. The molecular formula is C14H21BrN2S2. The van der Waals surface area contributed by atoms with Crippen LogP contribution in [0.15, 0.2) is 22.7 Å². The van der Waals surface area contributed by atoms with Crippen molar-refractivity contribution in [2.75, 3.05) is 23.9 Å². The van der Waals surface area contributed by atoms with Gasteiger partial charge in [-0.1, -0.05) is 31.1 Å². The Kier molecular flexibility index (Phi) is 8.50. The Hall–Kier alpha value is -0.260. The fraction of sp³-hybridized carbons (Fsp3) is 0.500. The van der Waals surface area contributed by atoms with Crippen molar-refractivity contribution in [2.45, 2.75) is 25.7 Å². The summed E-state index contributed by atoms with van der Waals surface area (Å²) in [6.45, 7) is 0.964. The van der Waals surface area contributed by atoms with Gasteiger partial charge < -0.3 is 11.1 Å². The minimum atomic E-state index is 0.426. The first-order valence-electron chi connectivity index (χ1n) is 6.48. The first-order chi connectivity index (χ1) is 9.16. The van der Waals surface area contributed by atoms with Gasteiger partial charge in [0.25, 0.3) is 0 Å². The van der Waals surface area contributed by atoms with Crippen molar-refractivity contribution >= 4 is 50.6 Å². The van der Waals surface area contributed by atoms with Crippen molar-refractivity contribution in [2.24, 2.45) is 5.73 Å². The van der Waals surface area contributed by atoms with E-state index in [0.717, 1.165) is 22.3 Å². The van der Waals surface area contributed by atoms with Crippen LogP contribution in [-0.4, -0.2) is 23.5 Å². The average Bonchev–Trinajstić information content (AvgIpc) is 2.37. The van der Waals surface area contributed by atoms with Crippen LogP contribution in [0.4, 0.5) is 5.69 Å². The Morgan fingerprint density at radius 1 is 1.32 bits per heavy atom. The highest BCUT2D eigenvalue weighted by molar-refractivity contribution is 9.10. The number of unbranched alkanes of at least 4 members (excludes halogenated alkanes) is 3. The summed E-state index contributed by atoms with van der Waals surface area (Å²) in [7, 11) is 0. The van der Waals surface area contributed by atoms with Crippen molar-refractivity contribution < 1.29 is 0 Å². The third-order valence-corrected chi connectivity index (χ3v) is 4.41. The van der Waals surface area contributed by atoms with E-state index in [1.807, 2.05) is 30.0 Å². The van der Waals surface area contributed by atoms with Crippen LogP contribution in [0.25, 0.3) is 0 Å². The van der Waals surface area contributed by atoms with E-state index in [2.05, 4.69) is 27.5 Å². The summed E-state index contributed by atoms with van der Waals surface area (Å²) in [5.74, 6) is 1.27. The van der Waals surface area contributed by atoms with E-state index in [1.54, 1.807) is 0 Å². The highest BCUT2D eigenvalue weighted by Crippen LogP contribution is 2.24. The summed E-state index contributed by atoms with van der Waals surface area (Å²) in [6.07, 6.45) is 7.23. The molecule has 106 valence electrons. The highest BCUT2D eigenvalue weighted by atomic mass is 79.9. The maximum absolute atomic E-state index is 5.76. The van der Waals surface area contributed by atoms with Gasteiger partial charge in [0.2, 0.25) is 0 Å². The predicted octanol–water partition coefficient (Wildman–Crippen LogP) is 4.42. The zero-order chi connectivity index (χ0) is 14.1. The summed E-state index contributed by atoms with van der Waals surface area (Å²) in [5, 5.41) is 3.42. The molecule has 19 heavy (non-hydrogen) atoms. The molecule has 1 aromatic rings. The van der Waals surface area contributed by atoms with Crippen molar-refractivity contribution in [3.05, 3.63) is 28.2 Å². The molecule has 0 amide bonds. The number of thioether (sulfide) groups is 1. The zero-order valence-corrected chi connectivity index (χ0v) is 14.5. The van der Waals surface area contributed by atoms with Gasteiger partial charge in [0.05, 0.1) is 0 Å². The second kappa shape index (κ2) is 9.61. The van der Waals surface area contributed by atoms with Gasteiger partial charge >= 0.3 is 0 Å². The largest absolute Gasteiger partial charge is 0.389 e. The fourth-order valence-corrected chi connectivity index (χ4v) is 3.29. The number of hydrogen-bond donors (Lipinski definition) is 2. The van der Waals surface area contributed by atoms with Crippen molar-refractivity contribution in [1.82, 2.24) is 0 Å². The Balaban J connectivity index is 2.37. The van der Waals surface area contributed by atoms with Gasteiger partial charge in [-0.15, -0.1) is 0 Å². The quantitative estimate of drug-likeness (QED) is 0.504. The van der Waals surface area contributed by atoms with Gasteiger partial charge in [0.15, 0.2) is 0 Å². The van der Waals surface area contributed by atoms with Crippen molar-refractivity contribution in [3.63, 3.8) is 0 Å². The lowest BCUT2D eigenvalue weighted by molar-refractivity contribution is 0.689. The van der Waals surface area contributed by atoms with Gasteiger partial charge in [-0.2, -0.15) is 11.8 Å². The van der Waals surface area contributed by atoms with E-state index in [0.29, 0.717) is 4.99 Å². The molecule has 0 saturated carbocycles. The Labute approximate surface area is 134 Å². The van der Waals surface area contributed by atoms with E-state index in [4.69, 9.17) is 18.0 Å². The third kappa shape index (κ3) is 6.15. The van der Waals surface area contributed by atoms with Crippen LogP contribution in [0.2, 0.25) is 0 Å². The van der Waals surface area contributed by atoms with Crippen molar-refractivity contribution in [1.29, 1.82) is 0 Å². The van der Waals surface area contributed by atoms with E-state index < -0.39 is 0 Å². The van der Waals surface area contributed by atoms with Crippen LogP contribution in [-0.2, 0) is 0 Å². The SMILES string of the molecule is CSCCCCCCNc1cccc(Br)c1C(N)=S. The van der Waals surface area contributed by atoms with E-state index in [1.165, 1.54) is 31.4 Å². The molecule has 0 aliphatic heterocycles. The van der Waals surface area contributed by atoms with E-state index in [9.17, 15) is 0 Å². The maximum Gasteiger partial charge on any atom is 0.107 e. The fourth-order valence-electron chi connectivity index (χ4n) is 1.87. The monoisotopic (exact) mass is 360 g/mol. The number of nitrogens with two attached hydrogens (primary N) is 1. The van der Waals surface area contributed by atoms with Gasteiger partial charge in [-0.3, -0.25) is 0 Å². The third-order valence-electron chi connectivity index (χ3n) is 2.85. The summed E-state index contributed by atoms with van der Waals surface area (Å²) < 4.78 is 0.949. The minimum Gasteiger partial charge on any atom is -0.389 e. The first kappa shape index (κ1) is 16.8. The van der Waals surface area contributed by atoms with E-state index in [-0.39, 0.29) is 0 Å². The molecule has 0 saturated heterocycles. The topological polar surface area (TPSA) is 38.0 Å². The Morgan fingerprint density at radius 2 is 2.05 bits per heavy atom. The van der Waals surface area contributed by atoms with Crippen LogP contribution < -0.4 is 11.1 Å². The molecule has 0 unspecified atom stereocenters. The van der Waals surface area contributed by atoms with Crippen LogP contribution in [0, 0.1) is 0 Å². The number of anilines is 1. The van der Waals surface area contributed by atoms with Gasteiger partial charge in [-0.25, -0.2) is 0 Å². The molecule has 2 nitrogen and oxygen atoms in total. The van der Waals surface area contributed by atoms with Crippen LogP contribution in [0.3, 0.4) is 0 Å². The highest BCUT2D eigenvalue weighted by Gasteiger charge is 2.08. The molecular weight excluding hydrogens is 340 g/mol. The summed E-state index contributed by atoms with van der Waals surface area (Å²) in [4.78, 5) is 0.426. The zero-order valence-electron chi connectivity index (χ0n) is 11.2. The molecule has 0 aliphatic rings. The molecule has 0 heterocycles. The molecule has 0 fully saturated rings. The van der Waals surface area contributed by atoms with Gasteiger partial charge in [0, 0.05) is 22.3 Å². The number of halogens is 1. The first-order valence-corrected chi connectivity index (χ1v) is 9.07. The number of thiocarbonyl (C=S) groups is 1. The standard InChI is InChI=1S/C14H21BrN2S2/c1-19-10-5-3-2-4-9-17-12-8-6-7-11(15)13(12)14(16)18/h6-8,17H,2-5,9-10H2,1H3,(H2,16,18). The molecule has 1 rings (SSSR count). The lowest BCUT2D eigenvalue weighted by Gasteiger charge is -2.12. The summed E-state index contributed by atoms with van der Waals surface area (Å²) in [6, 6.07) is 5.97. The predicted molar refractivity (Wildman–Crippen MR) is 95.4 cm³/mol. The molecule has 5 heteroatoms. The maximum atomic E-state index is 5.76.